The molecule has 88 valence electrons. The van der Waals surface area contributed by atoms with Gasteiger partial charge in [0.25, 0.3) is 0 Å². The van der Waals surface area contributed by atoms with E-state index >= 15 is 0 Å². The van der Waals surface area contributed by atoms with Crippen LogP contribution in [0.1, 0.15) is 31.7 Å². The molecule has 2 rings (SSSR count). The number of pyridine rings is 1. The highest BCUT2D eigenvalue weighted by Gasteiger charge is 2.10. The molecule has 0 atom stereocenters. The minimum absolute atomic E-state index is 0.679. The lowest BCUT2D eigenvalue weighted by Gasteiger charge is -2.26. The minimum atomic E-state index is 0.679. The van der Waals surface area contributed by atoms with Crippen molar-refractivity contribution in [2.45, 2.75) is 32.7 Å². The van der Waals surface area contributed by atoms with Gasteiger partial charge in [0.05, 0.1) is 6.61 Å². The molecule has 0 radical (unpaired) electrons. The van der Waals surface area contributed by atoms with E-state index in [-0.39, 0.29) is 0 Å². The summed E-state index contributed by atoms with van der Waals surface area (Å²) in [7, 11) is 0. The number of rotatable bonds is 4. The summed E-state index contributed by atoms with van der Waals surface area (Å²) in [6, 6.07) is 4.08. The molecule has 3 heteroatoms. The maximum Gasteiger partial charge on any atom is 0.213 e. The fraction of sp³-hybridized carbons (Fsp3) is 0.615. The van der Waals surface area contributed by atoms with Crippen LogP contribution in [0.25, 0.3) is 0 Å². The summed E-state index contributed by atoms with van der Waals surface area (Å²) in [4.78, 5) is 6.79. The van der Waals surface area contributed by atoms with Gasteiger partial charge in [-0.3, -0.25) is 4.90 Å². The molecule has 0 saturated carbocycles. The quantitative estimate of drug-likeness (QED) is 0.779. The molecule has 3 nitrogen and oxygen atoms in total. The zero-order valence-corrected chi connectivity index (χ0v) is 9.98. The Morgan fingerprint density at radius 3 is 2.69 bits per heavy atom. The summed E-state index contributed by atoms with van der Waals surface area (Å²) in [5.41, 5.74) is 1.28. The van der Waals surface area contributed by atoms with Crippen LogP contribution in [0.2, 0.25) is 0 Å². The van der Waals surface area contributed by atoms with Crippen LogP contribution < -0.4 is 4.74 Å². The number of ether oxygens (including phenoxy) is 1. The summed E-state index contributed by atoms with van der Waals surface area (Å²) in [6.45, 7) is 6.14. The number of aromatic nitrogens is 1. The third-order valence-electron chi connectivity index (χ3n) is 2.94. The molecule has 1 aromatic rings. The molecule has 1 aliphatic rings. The standard InChI is InChI=1S/C13H20N2O/c1-2-16-13-7-6-12(10-14-13)11-15-8-4-3-5-9-15/h6-7,10H,2-5,8-9,11H2,1H3. The van der Waals surface area contributed by atoms with Crippen LogP contribution >= 0.6 is 0 Å². The van der Waals surface area contributed by atoms with E-state index in [9.17, 15) is 0 Å². The van der Waals surface area contributed by atoms with Gasteiger partial charge in [-0.25, -0.2) is 4.98 Å². The number of likely N-dealkylation sites (tertiary alicyclic amines) is 1. The van der Waals surface area contributed by atoms with Gasteiger partial charge >= 0.3 is 0 Å². The highest BCUT2D eigenvalue weighted by molar-refractivity contribution is 5.17. The zero-order chi connectivity index (χ0) is 11.2. The Balaban J connectivity index is 1.88. The van der Waals surface area contributed by atoms with E-state index < -0.39 is 0 Å². The van der Waals surface area contributed by atoms with Crippen LogP contribution in [0.5, 0.6) is 5.88 Å². The van der Waals surface area contributed by atoms with Crippen LogP contribution in [0.15, 0.2) is 18.3 Å². The monoisotopic (exact) mass is 220 g/mol. The Labute approximate surface area is 97.4 Å². The third-order valence-corrected chi connectivity index (χ3v) is 2.94. The van der Waals surface area contributed by atoms with E-state index in [1.165, 1.54) is 37.9 Å². The molecule has 0 aliphatic carbocycles. The number of hydrogen-bond donors (Lipinski definition) is 0. The van der Waals surface area contributed by atoms with E-state index in [4.69, 9.17) is 4.74 Å². The van der Waals surface area contributed by atoms with E-state index in [1.54, 1.807) is 0 Å². The van der Waals surface area contributed by atoms with Crippen molar-refractivity contribution in [2.24, 2.45) is 0 Å². The fourth-order valence-electron chi connectivity index (χ4n) is 2.11. The second-order valence-electron chi connectivity index (χ2n) is 4.27. The molecule has 0 aromatic carbocycles. The average Bonchev–Trinajstić information content (AvgIpc) is 2.33. The Bertz CT molecular complexity index is 304. The van der Waals surface area contributed by atoms with Gasteiger partial charge in [0.1, 0.15) is 0 Å². The molecule has 1 saturated heterocycles. The second kappa shape index (κ2) is 5.85. The van der Waals surface area contributed by atoms with Crippen LogP contribution in [-0.4, -0.2) is 29.6 Å². The summed E-state index contributed by atoms with van der Waals surface area (Å²) in [5, 5.41) is 0. The molecular formula is C13H20N2O. The molecule has 0 N–H and O–H groups in total. The Hall–Kier alpha value is -1.09. The minimum Gasteiger partial charge on any atom is -0.478 e. The van der Waals surface area contributed by atoms with Crippen molar-refractivity contribution < 1.29 is 4.74 Å². The highest BCUT2D eigenvalue weighted by atomic mass is 16.5. The van der Waals surface area contributed by atoms with Gasteiger partial charge in [-0.2, -0.15) is 0 Å². The first-order valence-corrected chi connectivity index (χ1v) is 6.18. The number of piperidine rings is 1. The van der Waals surface area contributed by atoms with Crippen molar-refractivity contribution in [3.05, 3.63) is 23.9 Å². The van der Waals surface area contributed by atoms with E-state index in [2.05, 4.69) is 16.0 Å². The summed E-state index contributed by atoms with van der Waals surface area (Å²) in [5.74, 6) is 0.727. The predicted octanol–water partition coefficient (Wildman–Crippen LogP) is 2.47. The van der Waals surface area contributed by atoms with Crippen molar-refractivity contribution in [3.8, 4) is 5.88 Å². The molecule has 0 amide bonds. The summed E-state index contributed by atoms with van der Waals surface area (Å²) < 4.78 is 5.33. The van der Waals surface area contributed by atoms with E-state index in [1.807, 2.05) is 19.2 Å². The van der Waals surface area contributed by atoms with Crippen molar-refractivity contribution in [2.75, 3.05) is 19.7 Å². The second-order valence-corrected chi connectivity index (χ2v) is 4.27. The SMILES string of the molecule is CCOc1ccc(CN2CCCCC2)cn1. The van der Waals surface area contributed by atoms with Crippen molar-refractivity contribution >= 4 is 0 Å². The lowest BCUT2D eigenvalue weighted by Crippen LogP contribution is -2.29. The molecule has 0 unspecified atom stereocenters. The Morgan fingerprint density at radius 1 is 1.25 bits per heavy atom. The number of nitrogens with zero attached hydrogens (tertiary/aromatic N) is 2. The van der Waals surface area contributed by atoms with Crippen molar-refractivity contribution in [1.82, 2.24) is 9.88 Å². The number of hydrogen-bond acceptors (Lipinski definition) is 3. The van der Waals surface area contributed by atoms with Gasteiger partial charge in [0.2, 0.25) is 5.88 Å². The molecule has 2 heterocycles. The maximum atomic E-state index is 5.33. The molecule has 0 bridgehead atoms. The van der Waals surface area contributed by atoms with Gasteiger partial charge in [0.15, 0.2) is 0 Å². The highest BCUT2D eigenvalue weighted by Crippen LogP contribution is 2.14. The largest absolute Gasteiger partial charge is 0.478 e. The Kier molecular flexibility index (Phi) is 4.17. The first-order chi connectivity index (χ1) is 7.88. The molecule has 16 heavy (non-hydrogen) atoms. The van der Waals surface area contributed by atoms with Gasteiger partial charge in [-0.15, -0.1) is 0 Å². The summed E-state index contributed by atoms with van der Waals surface area (Å²) in [6.07, 6.45) is 5.99. The van der Waals surface area contributed by atoms with Crippen molar-refractivity contribution in [3.63, 3.8) is 0 Å². The van der Waals surface area contributed by atoms with Crippen LogP contribution in [0, 0.1) is 0 Å². The third kappa shape index (κ3) is 3.20. The van der Waals surface area contributed by atoms with Gasteiger partial charge in [0, 0.05) is 18.8 Å². The summed E-state index contributed by atoms with van der Waals surface area (Å²) >= 11 is 0. The lowest BCUT2D eigenvalue weighted by molar-refractivity contribution is 0.220. The predicted molar refractivity (Wildman–Crippen MR) is 64.5 cm³/mol. The van der Waals surface area contributed by atoms with Crippen LogP contribution in [0.3, 0.4) is 0 Å². The normalized spacial score (nSPS) is 17.3. The smallest absolute Gasteiger partial charge is 0.213 e. The first kappa shape index (κ1) is 11.4. The molecule has 1 aliphatic heterocycles. The van der Waals surface area contributed by atoms with Crippen LogP contribution in [-0.2, 0) is 6.54 Å². The fourth-order valence-corrected chi connectivity index (χ4v) is 2.11. The topological polar surface area (TPSA) is 25.4 Å². The molecule has 1 fully saturated rings. The first-order valence-electron chi connectivity index (χ1n) is 6.18. The molecular weight excluding hydrogens is 200 g/mol. The van der Waals surface area contributed by atoms with Gasteiger partial charge in [-0.1, -0.05) is 12.5 Å². The maximum absolute atomic E-state index is 5.33. The van der Waals surface area contributed by atoms with E-state index in [0.29, 0.717) is 6.61 Å². The molecule has 0 spiro atoms. The van der Waals surface area contributed by atoms with E-state index in [0.717, 1.165) is 12.4 Å². The van der Waals surface area contributed by atoms with Gasteiger partial charge < -0.3 is 4.74 Å². The lowest BCUT2D eigenvalue weighted by atomic mass is 10.1. The Morgan fingerprint density at radius 2 is 2.06 bits per heavy atom. The van der Waals surface area contributed by atoms with Crippen LogP contribution in [0.4, 0.5) is 0 Å². The molecule has 1 aromatic heterocycles. The zero-order valence-electron chi connectivity index (χ0n) is 9.98. The van der Waals surface area contributed by atoms with Gasteiger partial charge in [-0.05, 0) is 38.4 Å². The van der Waals surface area contributed by atoms with Crippen molar-refractivity contribution in [1.29, 1.82) is 0 Å². The average molecular weight is 220 g/mol.